The number of likely N-dealkylation sites (tertiary alicyclic amines) is 2. The number of hydrazone groups is 1. The topological polar surface area (TPSA) is 123 Å². The van der Waals surface area contributed by atoms with Crippen LogP contribution in [0.5, 0.6) is 0 Å². The summed E-state index contributed by atoms with van der Waals surface area (Å²) in [5, 5.41) is 3.76. The summed E-state index contributed by atoms with van der Waals surface area (Å²) in [7, 11) is 0. The van der Waals surface area contributed by atoms with Crippen molar-refractivity contribution in [3.63, 3.8) is 0 Å². The number of hydrogen-bond acceptors (Lipinski definition) is 7. The molecule has 0 aromatic rings. The average molecular weight is 490 g/mol. The highest BCUT2D eigenvalue weighted by atomic mass is 19.4. The zero-order chi connectivity index (χ0) is 24.5. The van der Waals surface area contributed by atoms with Gasteiger partial charge in [-0.15, -0.1) is 13.2 Å². The number of ether oxygens (including phenoxy) is 2. The number of carbonyl (C=O) groups is 2. The molecule has 4 atom stereocenters. The number of rotatable bonds is 5. The molecule has 9 nitrogen and oxygen atoms in total. The van der Waals surface area contributed by atoms with E-state index in [0.717, 1.165) is 6.42 Å². The Labute approximate surface area is 196 Å². The van der Waals surface area contributed by atoms with Crippen molar-refractivity contribution in [1.29, 1.82) is 0 Å². The average Bonchev–Trinajstić information content (AvgIpc) is 3.37. The smallest absolute Gasteiger partial charge is 0.368 e. The number of halogens is 3. The van der Waals surface area contributed by atoms with Crippen LogP contribution in [0.3, 0.4) is 0 Å². The third-order valence-corrected chi connectivity index (χ3v) is 7.74. The van der Waals surface area contributed by atoms with Crippen LogP contribution in [0.25, 0.3) is 0 Å². The molecule has 4 fully saturated rings. The molecular formula is C22H34F3N5O4. The summed E-state index contributed by atoms with van der Waals surface area (Å²) in [5.41, 5.74) is 6.69. The number of fused-ring (bicyclic) bond motifs is 1. The number of alkyl halides is 3. The van der Waals surface area contributed by atoms with E-state index >= 15 is 0 Å². The third kappa shape index (κ3) is 6.01. The normalized spacial score (nSPS) is 35.6. The van der Waals surface area contributed by atoms with Crippen LogP contribution in [0.1, 0.15) is 44.9 Å². The van der Waals surface area contributed by atoms with Crippen LogP contribution in [0.15, 0.2) is 5.10 Å². The lowest BCUT2D eigenvalue weighted by Crippen LogP contribution is -2.44. The standard InChI is InChI=1S/C22H34F3N5O4/c23-22(24,25)34-17-4-2-16(3-5-17)33-12-20(31)29-8-14-10-30(11-15(14)9-29)21(32)13-1-6-18(26)19(7-13)28-27/h13-18H,1-12,26-27H2/b28-19+. The second-order valence-electron chi connectivity index (χ2n) is 10.0. The van der Waals surface area contributed by atoms with Crippen LogP contribution in [0.4, 0.5) is 13.2 Å². The van der Waals surface area contributed by atoms with Gasteiger partial charge in [-0.2, -0.15) is 5.10 Å². The fourth-order valence-electron chi connectivity index (χ4n) is 5.83. The number of nitrogens with two attached hydrogens (primary N) is 2. The number of hydrogen-bond donors (Lipinski definition) is 2. The summed E-state index contributed by atoms with van der Waals surface area (Å²) in [6.07, 6.45) is -2.32. The lowest BCUT2D eigenvalue weighted by molar-refractivity contribution is -0.346. The maximum atomic E-state index is 13.0. The van der Waals surface area contributed by atoms with Gasteiger partial charge in [-0.25, -0.2) is 0 Å². The monoisotopic (exact) mass is 489 g/mol. The lowest BCUT2D eigenvalue weighted by Gasteiger charge is -2.31. The molecule has 4 aliphatic rings. The van der Waals surface area contributed by atoms with Crippen molar-refractivity contribution in [1.82, 2.24) is 9.80 Å². The first kappa shape index (κ1) is 25.2. The first-order valence-electron chi connectivity index (χ1n) is 12.1. The molecular weight excluding hydrogens is 455 g/mol. The summed E-state index contributed by atoms with van der Waals surface area (Å²) in [5.74, 6) is 5.79. The highest BCUT2D eigenvalue weighted by molar-refractivity contribution is 5.94. The molecule has 0 radical (unpaired) electrons. The van der Waals surface area contributed by atoms with Gasteiger partial charge in [-0.3, -0.25) is 14.3 Å². The second-order valence-corrected chi connectivity index (χ2v) is 10.0. The molecule has 0 spiro atoms. The van der Waals surface area contributed by atoms with Gasteiger partial charge in [0.05, 0.1) is 17.9 Å². The molecule has 4 rings (SSSR count). The Balaban J connectivity index is 1.17. The van der Waals surface area contributed by atoms with Crippen molar-refractivity contribution < 1.29 is 32.2 Å². The lowest BCUT2D eigenvalue weighted by atomic mass is 9.84. The second kappa shape index (κ2) is 10.4. The zero-order valence-corrected chi connectivity index (χ0v) is 19.2. The van der Waals surface area contributed by atoms with E-state index in [2.05, 4.69) is 9.84 Å². The molecule has 34 heavy (non-hydrogen) atoms. The summed E-state index contributed by atoms with van der Waals surface area (Å²) in [6.45, 7) is 2.38. The molecule has 2 heterocycles. The van der Waals surface area contributed by atoms with Crippen LogP contribution in [0, 0.1) is 17.8 Å². The van der Waals surface area contributed by atoms with Gasteiger partial charge in [0.25, 0.3) is 0 Å². The van der Waals surface area contributed by atoms with Gasteiger partial charge in [0.15, 0.2) is 0 Å². The van der Waals surface area contributed by atoms with Crippen molar-refractivity contribution in [2.45, 2.75) is 69.6 Å². The summed E-state index contributed by atoms with van der Waals surface area (Å²) in [4.78, 5) is 29.3. The summed E-state index contributed by atoms with van der Waals surface area (Å²) >= 11 is 0. The van der Waals surface area contributed by atoms with E-state index in [1.165, 1.54) is 0 Å². The number of carbonyl (C=O) groups excluding carboxylic acids is 2. The fourth-order valence-corrected chi connectivity index (χ4v) is 5.83. The molecule has 4 N–H and O–H groups in total. The SMILES string of the molecule is N/N=C1\CC(C(=O)N2CC3CN(C(=O)COC4CCC(OC(F)(F)F)CC4)CC3C2)CCC1N. The molecule has 2 aliphatic heterocycles. The molecule has 12 heteroatoms. The Hall–Kier alpha value is -1.92. The molecule has 0 bridgehead atoms. The molecule has 2 amide bonds. The minimum absolute atomic E-state index is 0.0684. The van der Waals surface area contributed by atoms with Crippen molar-refractivity contribution in [3.8, 4) is 0 Å². The summed E-state index contributed by atoms with van der Waals surface area (Å²) < 4.78 is 46.8. The molecule has 2 saturated heterocycles. The van der Waals surface area contributed by atoms with Crippen LogP contribution < -0.4 is 11.6 Å². The van der Waals surface area contributed by atoms with Crippen molar-refractivity contribution in [2.24, 2.45) is 34.4 Å². The predicted molar refractivity (Wildman–Crippen MR) is 116 cm³/mol. The highest BCUT2D eigenvalue weighted by Gasteiger charge is 2.45. The van der Waals surface area contributed by atoms with Gasteiger partial charge < -0.3 is 26.1 Å². The third-order valence-electron chi connectivity index (χ3n) is 7.74. The number of amides is 2. The predicted octanol–water partition coefficient (Wildman–Crippen LogP) is 1.21. The maximum absolute atomic E-state index is 13.0. The Morgan fingerprint density at radius 3 is 2.12 bits per heavy atom. The van der Waals surface area contributed by atoms with Gasteiger partial charge in [-0.1, -0.05) is 0 Å². The van der Waals surface area contributed by atoms with Crippen LogP contribution in [-0.4, -0.2) is 84.7 Å². The van der Waals surface area contributed by atoms with Crippen LogP contribution >= 0.6 is 0 Å². The maximum Gasteiger partial charge on any atom is 0.522 e. The van der Waals surface area contributed by atoms with E-state index in [-0.39, 0.29) is 61.2 Å². The van der Waals surface area contributed by atoms with E-state index in [1.807, 2.05) is 4.90 Å². The van der Waals surface area contributed by atoms with Gasteiger partial charge in [-0.05, 0) is 38.5 Å². The largest absolute Gasteiger partial charge is 0.522 e. The Bertz CT molecular complexity index is 773. The van der Waals surface area contributed by atoms with Crippen molar-refractivity contribution >= 4 is 17.5 Å². The minimum atomic E-state index is -4.62. The first-order valence-corrected chi connectivity index (χ1v) is 12.1. The summed E-state index contributed by atoms with van der Waals surface area (Å²) in [6, 6.07) is -0.169. The van der Waals surface area contributed by atoms with Crippen LogP contribution in [-0.2, 0) is 19.1 Å². The molecule has 2 aliphatic carbocycles. The fraction of sp³-hybridized carbons (Fsp3) is 0.864. The molecule has 0 aromatic carbocycles. The Morgan fingerprint density at radius 1 is 0.941 bits per heavy atom. The molecule has 2 saturated carbocycles. The van der Waals surface area contributed by atoms with Crippen molar-refractivity contribution in [3.05, 3.63) is 0 Å². The van der Waals surface area contributed by atoms with Crippen LogP contribution in [0.2, 0.25) is 0 Å². The molecule has 192 valence electrons. The van der Waals surface area contributed by atoms with E-state index in [1.54, 1.807) is 4.90 Å². The van der Waals surface area contributed by atoms with Gasteiger partial charge in [0.2, 0.25) is 11.8 Å². The molecule has 0 aromatic heterocycles. The highest BCUT2D eigenvalue weighted by Crippen LogP contribution is 2.34. The Kier molecular flexibility index (Phi) is 7.68. The van der Waals surface area contributed by atoms with Gasteiger partial charge in [0.1, 0.15) is 6.61 Å². The zero-order valence-electron chi connectivity index (χ0n) is 19.2. The number of nitrogens with zero attached hydrogens (tertiary/aromatic N) is 3. The Morgan fingerprint density at radius 2 is 1.53 bits per heavy atom. The quantitative estimate of drug-likeness (QED) is 0.442. The van der Waals surface area contributed by atoms with Gasteiger partial charge >= 0.3 is 6.36 Å². The van der Waals surface area contributed by atoms with Crippen molar-refractivity contribution in [2.75, 3.05) is 32.8 Å². The van der Waals surface area contributed by atoms with E-state index < -0.39 is 12.5 Å². The van der Waals surface area contributed by atoms with E-state index in [0.29, 0.717) is 57.6 Å². The molecule has 4 unspecified atom stereocenters. The minimum Gasteiger partial charge on any atom is -0.368 e. The first-order chi connectivity index (χ1) is 16.1. The van der Waals surface area contributed by atoms with E-state index in [4.69, 9.17) is 16.3 Å². The van der Waals surface area contributed by atoms with Gasteiger partial charge in [0, 0.05) is 56.4 Å². The van der Waals surface area contributed by atoms with E-state index in [9.17, 15) is 22.8 Å².